The Bertz CT molecular complexity index is 339. The van der Waals surface area contributed by atoms with E-state index < -0.39 is 0 Å². The zero-order valence-electron chi connectivity index (χ0n) is 8.60. The molecular formula is C11H15N3O. The summed E-state index contributed by atoms with van der Waals surface area (Å²) in [6.45, 7) is 1.86. The van der Waals surface area contributed by atoms with Crippen LogP contribution >= 0.6 is 0 Å². The molecule has 4 heteroatoms. The molecule has 0 aromatic carbocycles. The fourth-order valence-corrected chi connectivity index (χ4v) is 2.03. The van der Waals surface area contributed by atoms with Crippen molar-refractivity contribution in [1.82, 2.24) is 4.98 Å². The van der Waals surface area contributed by atoms with Crippen molar-refractivity contribution in [2.24, 2.45) is 11.7 Å². The van der Waals surface area contributed by atoms with Crippen LogP contribution in [0.5, 0.6) is 0 Å². The number of rotatable bonds is 3. The molecule has 2 heterocycles. The maximum Gasteiger partial charge on any atom is 0.217 e. The first-order chi connectivity index (χ1) is 7.25. The minimum absolute atomic E-state index is 0.206. The van der Waals surface area contributed by atoms with Crippen molar-refractivity contribution in [3.05, 3.63) is 24.4 Å². The largest absolute Gasteiger partial charge is 0.370 e. The molecule has 1 aromatic rings. The van der Waals surface area contributed by atoms with Crippen LogP contribution in [0.4, 0.5) is 5.82 Å². The van der Waals surface area contributed by atoms with Gasteiger partial charge in [0.1, 0.15) is 5.82 Å². The lowest BCUT2D eigenvalue weighted by Crippen LogP contribution is -2.22. The standard InChI is InChI=1S/C11H15N3O/c12-10(15)7-9-4-6-14(8-9)11-3-1-2-5-13-11/h1-3,5,9H,4,6-8H2,(H2,12,15). The molecule has 15 heavy (non-hydrogen) atoms. The lowest BCUT2D eigenvalue weighted by molar-refractivity contribution is -0.118. The van der Waals surface area contributed by atoms with Gasteiger partial charge in [-0.15, -0.1) is 0 Å². The highest BCUT2D eigenvalue weighted by Crippen LogP contribution is 2.23. The molecule has 1 amide bonds. The van der Waals surface area contributed by atoms with Gasteiger partial charge in [0.25, 0.3) is 0 Å². The third-order valence-electron chi connectivity index (χ3n) is 2.75. The van der Waals surface area contributed by atoms with Gasteiger partial charge in [0.15, 0.2) is 0 Å². The minimum atomic E-state index is -0.206. The fraction of sp³-hybridized carbons (Fsp3) is 0.455. The second-order valence-corrected chi connectivity index (χ2v) is 3.96. The molecule has 0 radical (unpaired) electrons. The molecule has 80 valence electrons. The number of primary amides is 1. The summed E-state index contributed by atoms with van der Waals surface area (Å²) in [5, 5.41) is 0. The number of carbonyl (C=O) groups is 1. The third kappa shape index (κ3) is 2.46. The highest BCUT2D eigenvalue weighted by Gasteiger charge is 2.24. The summed E-state index contributed by atoms with van der Waals surface area (Å²) in [5.74, 6) is 1.18. The number of anilines is 1. The normalized spacial score (nSPS) is 20.5. The van der Waals surface area contributed by atoms with Crippen molar-refractivity contribution >= 4 is 11.7 Å². The molecule has 0 aliphatic carbocycles. The van der Waals surface area contributed by atoms with Crippen LogP contribution in [-0.2, 0) is 4.79 Å². The van der Waals surface area contributed by atoms with E-state index in [4.69, 9.17) is 5.73 Å². The molecule has 0 spiro atoms. The van der Waals surface area contributed by atoms with E-state index in [1.807, 2.05) is 18.2 Å². The molecule has 4 nitrogen and oxygen atoms in total. The SMILES string of the molecule is NC(=O)CC1CCN(c2ccccn2)C1. The number of hydrogen-bond donors (Lipinski definition) is 1. The Hall–Kier alpha value is -1.58. The van der Waals surface area contributed by atoms with Crippen LogP contribution < -0.4 is 10.6 Å². The molecule has 2 rings (SSSR count). The predicted octanol–water partition coefficient (Wildman–Crippen LogP) is 0.783. The first kappa shape index (κ1) is 9.96. The Morgan fingerprint density at radius 2 is 2.47 bits per heavy atom. The number of nitrogens with zero attached hydrogens (tertiary/aromatic N) is 2. The molecule has 1 aromatic heterocycles. The summed E-state index contributed by atoms with van der Waals surface area (Å²) < 4.78 is 0. The molecule has 2 N–H and O–H groups in total. The third-order valence-corrected chi connectivity index (χ3v) is 2.75. The number of nitrogens with two attached hydrogens (primary N) is 1. The van der Waals surface area contributed by atoms with E-state index in [2.05, 4.69) is 9.88 Å². The van der Waals surface area contributed by atoms with E-state index in [-0.39, 0.29) is 5.91 Å². The zero-order chi connectivity index (χ0) is 10.7. The summed E-state index contributed by atoms with van der Waals surface area (Å²) in [5.41, 5.74) is 5.18. The summed E-state index contributed by atoms with van der Waals surface area (Å²) >= 11 is 0. The van der Waals surface area contributed by atoms with Gasteiger partial charge in [-0.2, -0.15) is 0 Å². The molecule has 1 atom stereocenters. The van der Waals surface area contributed by atoms with Crippen molar-refractivity contribution in [3.8, 4) is 0 Å². The smallest absolute Gasteiger partial charge is 0.217 e. The lowest BCUT2D eigenvalue weighted by Gasteiger charge is -2.16. The summed E-state index contributed by atoms with van der Waals surface area (Å²) in [4.78, 5) is 17.3. The average Bonchev–Trinajstić information content (AvgIpc) is 2.67. The van der Waals surface area contributed by atoms with E-state index in [0.29, 0.717) is 12.3 Å². The van der Waals surface area contributed by atoms with Crippen molar-refractivity contribution < 1.29 is 4.79 Å². The van der Waals surface area contributed by atoms with Gasteiger partial charge < -0.3 is 10.6 Å². The summed E-state index contributed by atoms with van der Waals surface area (Å²) in [7, 11) is 0. The van der Waals surface area contributed by atoms with E-state index in [1.165, 1.54) is 0 Å². The topological polar surface area (TPSA) is 59.2 Å². The molecule has 1 aliphatic rings. The molecule has 1 saturated heterocycles. The van der Waals surface area contributed by atoms with Gasteiger partial charge in [-0.3, -0.25) is 4.79 Å². The van der Waals surface area contributed by atoms with Gasteiger partial charge in [0.05, 0.1) is 0 Å². The second-order valence-electron chi connectivity index (χ2n) is 3.96. The zero-order valence-corrected chi connectivity index (χ0v) is 8.60. The molecule has 1 unspecified atom stereocenters. The average molecular weight is 205 g/mol. The van der Waals surface area contributed by atoms with Crippen LogP contribution in [0, 0.1) is 5.92 Å². The Morgan fingerprint density at radius 1 is 1.60 bits per heavy atom. The van der Waals surface area contributed by atoms with Crippen LogP contribution in [0.1, 0.15) is 12.8 Å². The Balaban J connectivity index is 1.96. The molecule has 0 saturated carbocycles. The lowest BCUT2D eigenvalue weighted by atomic mass is 10.1. The molecular weight excluding hydrogens is 190 g/mol. The summed E-state index contributed by atoms with van der Waals surface area (Å²) in [6, 6.07) is 5.87. The maximum atomic E-state index is 10.8. The number of amides is 1. The van der Waals surface area contributed by atoms with Crippen molar-refractivity contribution in [2.45, 2.75) is 12.8 Å². The Kier molecular flexibility index (Phi) is 2.85. The van der Waals surface area contributed by atoms with Crippen LogP contribution in [0.3, 0.4) is 0 Å². The van der Waals surface area contributed by atoms with Gasteiger partial charge in [-0.1, -0.05) is 6.07 Å². The number of pyridine rings is 1. The van der Waals surface area contributed by atoms with Crippen molar-refractivity contribution in [3.63, 3.8) is 0 Å². The van der Waals surface area contributed by atoms with Crippen molar-refractivity contribution in [2.75, 3.05) is 18.0 Å². The Morgan fingerprint density at radius 3 is 3.13 bits per heavy atom. The first-order valence-electron chi connectivity index (χ1n) is 5.20. The Labute approximate surface area is 89.1 Å². The molecule has 1 aliphatic heterocycles. The van der Waals surface area contributed by atoms with Crippen LogP contribution in [0.2, 0.25) is 0 Å². The monoisotopic (exact) mass is 205 g/mol. The number of hydrogen-bond acceptors (Lipinski definition) is 3. The quantitative estimate of drug-likeness (QED) is 0.793. The van der Waals surface area contributed by atoms with Crippen LogP contribution in [0.15, 0.2) is 24.4 Å². The van der Waals surface area contributed by atoms with E-state index in [1.54, 1.807) is 6.20 Å². The highest BCUT2D eigenvalue weighted by molar-refractivity contribution is 5.74. The van der Waals surface area contributed by atoms with Gasteiger partial charge in [0.2, 0.25) is 5.91 Å². The van der Waals surface area contributed by atoms with Gasteiger partial charge >= 0.3 is 0 Å². The van der Waals surface area contributed by atoms with Crippen LogP contribution in [0.25, 0.3) is 0 Å². The molecule has 1 fully saturated rings. The van der Waals surface area contributed by atoms with Gasteiger partial charge in [-0.25, -0.2) is 4.98 Å². The molecule has 0 bridgehead atoms. The van der Waals surface area contributed by atoms with E-state index >= 15 is 0 Å². The first-order valence-corrected chi connectivity index (χ1v) is 5.20. The summed E-state index contributed by atoms with van der Waals surface area (Å²) in [6.07, 6.45) is 3.31. The fourth-order valence-electron chi connectivity index (χ4n) is 2.03. The number of carbonyl (C=O) groups excluding carboxylic acids is 1. The highest BCUT2D eigenvalue weighted by atomic mass is 16.1. The maximum absolute atomic E-state index is 10.8. The van der Waals surface area contributed by atoms with Gasteiger partial charge in [-0.05, 0) is 24.5 Å². The van der Waals surface area contributed by atoms with Crippen molar-refractivity contribution in [1.29, 1.82) is 0 Å². The van der Waals surface area contributed by atoms with E-state index in [0.717, 1.165) is 25.3 Å². The second kappa shape index (κ2) is 4.29. The van der Waals surface area contributed by atoms with Crippen LogP contribution in [-0.4, -0.2) is 24.0 Å². The van der Waals surface area contributed by atoms with E-state index in [9.17, 15) is 4.79 Å². The number of aromatic nitrogens is 1. The predicted molar refractivity (Wildman–Crippen MR) is 58.4 cm³/mol. The minimum Gasteiger partial charge on any atom is -0.370 e. The van der Waals surface area contributed by atoms with Gasteiger partial charge in [0, 0.05) is 25.7 Å².